The molecule has 0 aromatic heterocycles. The minimum absolute atomic E-state index is 0.102. The van der Waals surface area contributed by atoms with Crippen LogP contribution in [0.2, 0.25) is 0 Å². The van der Waals surface area contributed by atoms with Crippen LogP contribution in [0.15, 0.2) is 12.1 Å². The summed E-state index contributed by atoms with van der Waals surface area (Å²) in [6, 6.07) is 3.26. The molecule has 1 aromatic rings. The molecule has 1 aliphatic heterocycles. The molecule has 1 N–H and O–H groups in total. The van der Waals surface area contributed by atoms with Gasteiger partial charge < -0.3 is 15.0 Å². The van der Waals surface area contributed by atoms with Gasteiger partial charge in [0.1, 0.15) is 5.60 Å². The molecule has 3 rings (SSSR count). The van der Waals surface area contributed by atoms with Crippen LogP contribution in [0.25, 0.3) is 0 Å². The van der Waals surface area contributed by atoms with Crippen molar-refractivity contribution < 1.29 is 18.3 Å². The van der Waals surface area contributed by atoms with E-state index in [2.05, 4.69) is 5.32 Å². The molecule has 0 radical (unpaired) electrons. The number of ether oxygens (including phenoxy) is 1. The molecule has 1 heterocycles. The largest absolute Gasteiger partial charge is 0.444 e. The summed E-state index contributed by atoms with van der Waals surface area (Å²) in [6.45, 7) is 6.91. The van der Waals surface area contributed by atoms with Gasteiger partial charge in [-0.15, -0.1) is 0 Å². The summed E-state index contributed by atoms with van der Waals surface area (Å²) in [6.07, 6.45) is 1.42. The van der Waals surface area contributed by atoms with Gasteiger partial charge in [-0.2, -0.15) is 0 Å². The zero-order chi connectivity index (χ0) is 18.4. The molecule has 2 aliphatic rings. The number of hydrogen-bond acceptors (Lipinski definition) is 3. The van der Waals surface area contributed by atoms with Crippen molar-refractivity contribution in [2.45, 2.75) is 45.3 Å². The quantitative estimate of drug-likeness (QED) is 0.513. The predicted molar refractivity (Wildman–Crippen MR) is 101 cm³/mol. The average Bonchev–Trinajstić information content (AvgIpc) is 3.04. The fraction of sp³-hybridized carbons (Fsp3) is 0.611. The van der Waals surface area contributed by atoms with Crippen LogP contribution in [0.1, 0.15) is 33.6 Å². The standard InChI is InChI=1S/C18H23F2IN2O2/c1-18(2,3)25-17(24)23-8-10-6-12(7-11(10)9-23)22-14-5-4-13(21)15(19)16(14)20/h4-5,10-12,22H,6-9H2,1-3H3/t10-,11?,12-/m1/s1. The Morgan fingerprint density at radius 1 is 1.20 bits per heavy atom. The van der Waals surface area contributed by atoms with Crippen molar-refractivity contribution >= 4 is 34.4 Å². The Labute approximate surface area is 160 Å². The molecular weight excluding hydrogens is 441 g/mol. The van der Waals surface area contributed by atoms with Crippen molar-refractivity contribution in [1.82, 2.24) is 4.90 Å². The third kappa shape index (κ3) is 4.17. The van der Waals surface area contributed by atoms with Gasteiger partial charge in [0.05, 0.1) is 9.26 Å². The van der Waals surface area contributed by atoms with E-state index in [1.807, 2.05) is 20.8 Å². The summed E-state index contributed by atoms with van der Waals surface area (Å²) in [5.41, 5.74) is -0.280. The lowest BCUT2D eigenvalue weighted by atomic mass is 10.0. The van der Waals surface area contributed by atoms with Gasteiger partial charge in [-0.1, -0.05) is 0 Å². The fourth-order valence-corrected chi connectivity index (χ4v) is 4.17. The first-order valence-electron chi connectivity index (χ1n) is 8.52. The Morgan fingerprint density at radius 2 is 1.80 bits per heavy atom. The monoisotopic (exact) mass is 464 g/mol. The van der Waals surface area contributed by atoms with Gasteiger partial charge in [-0.25, -0.2) is 13.6 Å². The molecule has 3 atom stereocenters. The van der Waals surface area contributed by atoms with Gasteiger partial charge in [0.25, 0.3) is 0 Å². The van der Waals surface area contributed by atoms with Crippen molar-refractivity contribution in [3.05, 3.63) is 27.3 Å². The van der Waals surface area contributed by atoms with E-state index in [9.17, 15) is 13.6 Å². The number of likely N-dealkylation sites (tertiary alicyclic amines) is 1. The summed E-state index contributed by atoms with van der Waals surface area (Å²) in [5, 5.41) is 3.14. The number of hydrogen-bond donors (Lipinski definition) is 1. The molecule has 25 heavy (non-hydrogen) atoms. The summed E-state index contributed by atoms with van der Waals surface area (Å²) in [4.78, 5) is 13.9. The number of carbonyl (C=O) groups excluding carboxylic acids is 1. The highest BCUT2D eigenvalue weighted by atomic mass is 127. The lowest BCUT2D eigenvalue weighted by Crippen LogP contribution is -2.36. The SMILES string of the molecule is CC(C)(C)OC(=O)N1CC2C[C@H](Nc3ccc(I)c(F)c3F)C[C@@H]2C1. The first-order chi connectivity index (χ1) is 11.6. The molecule has 1 aliphatic carbocycles. The van der Waals surface area contributed by atoms with E-state index in [4.69, 9.17) is 4.74 Å². The second kappa shape index (κ2) is 6.89. The Bertz CT molecular complexity index is 664. The van der Waals surface area contributed by atoms with Gasteiger partial charge in [0, 0.05) is 19.1 Å². The topological polar surface area (TPSA) is 41.6 Å². The van der Waals surface area contributed by atoms with Crippen molar-refractivity contribution in [3.63, 3.8) is 0 Å². The summed E-state index contributed by atoms with van der Waals surface area (Å²) >= 11 is 1.78. The number of rotatable bonds is 2. The van der Waals surface area contributed by atoms with E-state index in [1.54, 1.807) is 39.6 Å². The number of benzene rings is 1. The molecule has 1 aromatic carbocycles. The molecule has 2 fully saturated rings. The normalized spacial score (nSPS) is 25.8. The maximum atomic E-state index is 14.0. The van der Waals surface area contributed by atoms with E-state index in [-0.39, 0.29) is 21.4 Å². The number of amides is 1. The van der Waals surface area contributed by atoms with E-state index >= 15 is 0 Å². The summed E-state index contributed by atoms with van der Waals surface area (Å²) in [5.74, 6) is -0.872. The molecule has 0 spiro atoms. The van der Waals surface area contributed by atoms with E-state index < -0.39 is 17.2 Å². The van der Waals surface area contributed by atoms with Crippen LogP contribution in [-0.2, 0) is 4.74 Å². The van der Waals surface area contributed by atoms with E-state index in [0.29, 0.717) is 24.9 Å². The molecule has 1 amide bonds. The van der Waals surface area contributed by atoms with Crippen LogP contribution in [0.4, 0.5) is 19.3 Å². The number of halogens is 3. The van der Waals surface area contributed by atoms with Crippen LogP contribution in [0.5, 0.6) is 0 Å². The first-order valence-corrected chi connectivity index (χ1v) is 9.60. The molecule has 4 nitrogen and oxygen atoms in total. The van der Waals surface area contributed by atoms with Gasteiger partial charge in [-0.05, 0) is 80.2 Å². The zero-order valence-corrected chi connectivity index (χ0v) is 16.8. The Balaban J connectivity index is 1.57. The van der Waals surface area contributed by atoms with E-state index in [0.717, 1.165) is 12.8 Å². The lowest BCUT2D eigenvalue weighted by Gasteiger charge is -2.25. The maximum Gasteiger partial charge on any atom is 0.410 e. The van der Waals surface area contributed by atoms with Crippen molar-refractivity contribution in [2.75, 3.05) is 18.4 Å². The second-order valence-corrected chi connectivity index (χ2v) is 9.10. The Morgan fingerprint density at radius 3 is 2.36 bits per heavy atom. The second-order valence-electron chi connectivity index (χ2n) is 7.94. The van der Waals surface area contributed by atoms with Crippen LogP contribution in [0, 0.1) is 27.0 Å². The molecule has 138 valence electrons. The minimum atomic E-state index is -0.820. The molecule has 1 saturated heterocycles. The van der Waals surface area contributed by atoms with Crippen LogP contribution in [-0.4, -0.2) is 35.7 Å². The first kappa shape index (κ1) is 18.7. The lowest BCUT2D eigenvalue weighted by molar-refractivity contribution is 0.0280. The summed E-state index contributed by atoms with van der Waals surface area (Å²) in [7, 11) is 0. The van der Waals surface area contributed by atoms with Crippen molar-refractivity contribution in [2.24, 2.45) is 11.8 Å². The van der Waals surface area contributed by atoms with Crippen molar-refractivity contribution in [3.8, 4) is 0 Å². The van der Waals surface area contributed by atoms with Gasteiger partial charge in [0.15, 0.2) is 11.6 Å². The fourth-order valence-electron chi connectivity index (χ4n) is 3.75. The zero-order valence-electron chi connectivity index (χ0n) is 14.6. The van der Waals surface area contributed by atoms with Crippen LogP contribution >= 0.6 is 22.6 Å². The number of anilines is 1. The third-order valence-corrected chi connectivity index (χ3v) is 5.63. The Hall–Kier alpha value is -1.12. The highest BCUT2D eigenvalue weighted by Crippen LogP contribution is 2.40. The van der Waals surface area contributed by atoms with Crippen LogP contribution in [0.3, 0.4) is 0 Å². The average molecular weight is 464 g/mol. The van der Waals surface area contributed by atoms with Crippen LogP contribution < -0.4 is 5.32 Å². The third-order valence-electron chi connectivity index (χ3n) is 4.80. The predicted octanol–water partition coefficient (Wildman–Crippen LogP) is 4.63. The summed E-state index contributed by atoms with van der Waals surface area (Å²) < 4.78 is 33.4. The van der Waals surface area contributed by atoms with Gasteiger partial charge >= 0.3 is 6.09 Å². The van der Waals surface area contributed by atoms with E-state index in [1.165, 1.54) is 0 Å². The molecular formula is C18H23F2IN2O2. The molecule has 1 saturated carbocycles. The van der Waals surface area contributed by atoms with Crippen molar-refractivity contribution in [1.29, 1.82) is 0 Å². The molecule has 1 unspecified atom stereocenters. The number of nitrogens with one attached hydrogen (secondary N) is 1. The molecule has 0 bridgehead atoms. The van der Waals surface area contributed by atoms with Gasteiger partial charge in [0.2, 0.25) is 0 Å². The number of nitrogens with zero attached hydrogens (tertiary/aromatic N) is 1. The Kier molecular flexibility index (Phi) is 5.14. The number of carbonyl (C=O) groups is 1. The minimum Gasteiger partial charge on any atom is -0.444 e. The highest BCUT2D eigenvalue weighted by molar-refractivity contribution is 14.1. The smallest absolute Gasteiger partial charge is 0.410 e. The highest BCUT2D eigenvalue weighted by Gasteiger charge is 2.43. The molecule has 7 heteroatoms. The maximum absolute atomic E-state index is 14.0. The van der Waals surface area contributed by atoms with Gasteiger partial charge in [-0.3, -0.25) is 0 Å². The number of fused-ring (bicyclic) bond motifs is 1.